The summed E-state index contributed by atoms with van der Waals surface area (Å²) < 4.78 is 5.49. The smallest absolute Gasteiger partial charge is 0.192 e. The van der Waals surface area contributed by atoms with E-state index < -0.39 is 0 Å². The van der Waals surface area contributed by atoms with Crippen LogP contribution in [0.1, 0.15) is 5.89 Å². The molecule has 0 aliphatic heterocycles. The topological polar surface area (TPSA) is 46.3 Å². The number of oxazole rings is 1. The molecule has 2 aromatic carbocycles. The summed E-state index contributed by atoms with van der Waals surface area (Å²) in [6, 6.07) is 9.23. The van der Waals surface area contributed by atoms with Gasteiger partial charge in [0.15, 0.2) is 11.5 Å². The van der Waals surface area contributed by atoms with Crippen LogP contribution in [0.2, 0.25) is 0 Å². The van der Waals surface area contributed by atoms with Crippen molar-refractivity contribution in [2.24, 2.45) is 0 Å². The number of aromatic hydroxyl groups is 1. The molecule has 0 spiro atoms. The molecule has 0 radical (unpaired) electrons. The van der Waals surface area contributed by atoms with Crippen molar-refractivity contribution < 1.29 is 29.0 Å². The van der Waals surface area contributed by atoms with Crippen LogP contribution >= 0.6 is 0 Å². The van der Waals surface area contributed by atoms with Gasteiger partial charge in [0.05, 0.1) is 5.39 Å². The molecule has 3 aromatic rings. The number of rotatable bonds is 0. The van der Waals surface area contributed by atoms with Crippen LogP contribution in [-0.4, -0.2) is 10.1 Å². The number of hydrogen-bond acceptors (Lipinski definition) is 3. The molecule has 3 nitrogen and oxygen atoms in total. The van der Waals surface area contributed by atoms with Gasteiger partial charge in [0.1, 0.15) is 11.3 Å². The maximum absolute atomic E-state index is 9.79. The Morgan fingerprint density at radius 3 is 2.81 bits per heavy atom. The third kappa shape index (κ3) is 1.50. The molecule has 0 aliphatic rings. The van der Waals surface area contributed by atoms with E-state index in [1.165, 1.54) is 0 Å². The van der Waals surface area contributed by atoms with Crippen LogP contribution in [0.3, 0.4) is 0 Å². The second kappa shape index (κ2) is 3.87. The van der Waals surface area contributed by atoms with Crippen LogP contribution in [0.5, 0.6) is 5.75 Å². The first-order chi connectivity index (χ1) is 7.25. The second-order valence-corrected chi connectivity index (χ2v) is 3.52. The molecule has 0 fully saturated rings. The van der Waals surface area contributed by atoms with Gasteiger partial charge in [-0.05, 0) is 17.5 Å². The van der Waals surface area contributed by atoms with E-state index in [-0.39, 0.29) is 25.2 Å². The quantitative estimate of drug-likeness (QED) is 0.635. The van der Waals surface area contributed by atoms with Gasteiger partial charge >= 0.3 is 0 Å². The van der Waals surface area contributed by atoms with Crippen molar-refractivity contribution in [1.29, 1.82) is 0 Å². The normalized spacial score (nSPS) is 10.6. The summed E-state index contributed by atoms with van der Waals surface area (Å²) in [7, 11) is 0. The molecular weight excluding hydrogens is 256 g/mol. The van der Waals surface area contributed by atoms with Gasteiger partial charge in [0, 0.05) is 26.4 Å². The van der Waals surface area contributed by atoms with Crippen LogP contribution in [0.4, 0.5) is 0 Å². The molecule has 0 amide bonds. The van der Waals surface area contributed by atoms with Crippen molar-refractivity contribution in [1.82, 2.24) is 4.98 Å². The monoisotopic (exact) mass is 263 g/mol. The molecule has 4 heteroatoms. The Balaban J connectivity index is 0.000000963. The van der Waals surface area contributed by atoms with Gasteiger partial charge in [-0.3, -0.25) is 0 Å². The Morgan fingerprint density at radius 1 is 1.19 bits per heavy atom. The van der Waals surface area contributed by atoms with Gasteiger partial charge in [0.2, 0.25) is 0 Å². The summed E-state index contributed by atoms with van der Waals surface area (Å²) in [4.78, 5) is 4.23. The zero-order valence-corrected chi connectivity index (χ0v) is 11.9. The van der Waals surface area contributed by atoms with Crippen LogP contribution < -0.4 is 0 Å². The number of aryl methyl sites for hydroxylation is 1. The van der Waals surface area contributed by atoms with E-state index in [0.29, 0.717) is 11.5 Å². The Morgan fingerprint density at radius 2 is 2.00 bits per heavy atom. The minimum atomic E-state index is 0. The molecule has 0 bridgehead atoms. The molecule has 0 saturated heterocycles. The number of nitrogens with zero attached hydrogens (tertiary/aromatic N) is 1. The number of phenolic OH excluding ortho intramolecular Hbond substituents is 1. The fourth-order valence-corrected chi connectivity index (χ4v) is 1.85. The summed E-state index contributed by atoms with van der Waals surface area (Å²) in [6.07, 6.45) is 0. The number of benzene rings is 2. The van der Waals surface area contributed by atoms with Crippen LogP contribution in [0.15, 0.2) is 34.7 Å². The molecule has 76 valence electrons. The first-order valence-corrected chi connectivity index (χ1v) is 4.73. The van der Waals surface area contributed by atoms with Crippen LogP contribution in [0, 0.1) is 6.92 Å². The minimum absolute atomic E-state index is 0. The van der Waals surface area contributed by atoms with Crippen molar-refractivity contribution in [2.75, 3.05) is 0 Å². The standard InChI is InChI=1S/C12H9NO2.Zn/c1-7-13-9-6-5-8-3-2-4-10(14)11(8)12(9)15-7;/h2-6,14H,1H3;. The Kier molecular flexibility index (Phi) is 2.68. The van der Waals surface area contributed by atoms with E-state index in [0.717, 1.165) is 16.3 Å². The molecule has 0 aliphatic carbocycles. The summed E-state index contributed by atoms with van der Waals surface area (Å²) in [5.74, 6) is 0.843. The zero-order chi connectivity index (χ0) is 10.4. The fraction of sp³-hybridized carbons (Fsp3) is 0.0833. The summed E-state index contributed by atoms with van der Waals surface area (Å²) >= 11 is 0. The molecular formula is C12H9NO2Zn. The van der Waals surface area contributed by atoms with Crippen LogP contribution in [-0.2, 0) is 19.5 Å². The second-order valence-electron chi connectivity index (χ2n) is 3.52. The van der Waals surface area contributed by atoms with E-state index in [1.54, 1.807) is 13.0 Å². The molecule has 0 saturated carbocycles. The third-order valence-electron chi connectivity index (χ3n) is 2.48. The van der Waals surface area contributed by atoms with Gasteiger partial charge in [-0.25, -0.2) is 4.98 Å². The van der Waals surface area contributed by atoms with Gasteiger partial charge in [-0.1, -0.05) is 18.2 Å². The van der Waals surface area contributed by atoms with Crippen LogP contribution in [0.25, 0.3) is 21.9 Å². The maximum atomic E-state index is 9.79. The Bertz CT molecular complexity index is 660. The van der Waals surface area contributed by atoms with E-state index in [2.05, 4.69) is 4.98 Å². The molecule has 3 rings (SSSR count). The average Bonchev–Trinajstić information content (AvgIpc) is 2.58. The zero-order valence-electron chi connectivity index (χ0n) is 8.90. The van der Waals surface area contributed by atoms with Crippen molar-refractivity contribution in [3.63, 3.8) is 0 Å². The predicted octanol–water partition coefficient (Wildman–Crippen LogP) is 2.99. The number of hydrogen-bond donors (Lipinski definition) is 1. The molecule has 16 heavy (non-hydrogen) atoms. The van der Waals surface area contributed by atoms with E-state index >= 15 is 0 Å². The Labute approximate surface area is 105 Å². The number of phenols is 1. The SMILES string of the molecule is Cc1nc2ccc3cccc(O)c3c2o1.[Zn]. The van der Waals surface area contributed by atoms with Crippen molar-refractivity contribution in [3.05, 3.63) is 36.2 Å². The molecule has 1 N–H and O–H groups in total. The summed E-state index contributed by atoms with van der Waals surface area (Å²) in [5, 5.41) is 11.5. The molecule has 1 heterocycles. The summed E-state index contributed by atoms with van der Waals surface area (Å²) in [6.45, 7) is 1.80. The van der Waals surface area contributed by atoms with Gasteiger partial charge in [0.25, 0.3) is 0 Å². The van der Waals surface area contributed by atoms with Gasteiger partial charge in [-0.2, -0.15) is 0 Å². The van der Waals surface area contributed by atoms with Gasteiger partial charge < -0.3 is 9.52 Å². The predicted molar refractivity (Wildman–Crippen MR) is 57.9 cm³/mol. The van der Waals surface area contributed by atoms with Gasteiger partial charge in [-0.15, -0.1) is 0 Å². The number of aromatic nitrogens is 1. The van der Waals surface area contributed by atoms with E-state index in [4.69, 9.17) is 4.42 Å². The van der Waals surface area contributed by atoms with Crippen molar-refractivity contribution in [2.45, 2.75) is 6.92 Å². The first-order valence-electron chi connectivity index (χ1n) is 4.73. The fourth-order valence-electron chi connectivity index (χ4n) is 1.85. The third-order valence-corrected chi connectivity index (χ3v) is 2.48. The molecule has 0 atom stereocenters. The maximum Gasteiger partial charge on any atom is 0.192 e. The first kappa shape index (κ1) is 11.1. The molecule has 1 aromatic heterocycles. The molecule has 0 unspecified atom stereocenters. The van der Waals surface area contributed by atoms with E-state index in [9.17, 15) is 5.11 Å². The van der Waals surface area contributed by atoms with E-state index in [1.807, 2.05) is 24.3 Å². The number of fused-ring (bicyclic) bond motifs is 3. The minimum Gasteiger partial charge on any atom is -0.507 e. The average molecular weight is 265 g/mol. The summed E-state index contributed by atoms with van der Waals surface area (Å²) in [5.41, 5.74) is 1.43. The van der Waals surface area contributed by atoms with Crippen molar-refractivity contribution in [3.8, 4) is 5.75 Å². The Hall–Kier alpha value is -1.41. The van der Waals surface area contributed by atoms with Crippen molar-refractivity contribution >= 4 is 21.9 Å². The largest absolute Gasteiger partial charge is 0.507 e.